The van der Waals surface area contributed by atoms with E-state index in [-0.39, 0.29) is 0 Å². The van der Waals surface area contributed by atoms with Gasteiger partial charge in [-0.25, -0.2) is 0 Å². The zero-order valence-corrected chi connectivity index (χ0v) is 13.4. The molecule has 5 nitrogen and oxygen atoms in total. The van der Waals surface area contributed by atoms with Gasteiger partial charge in [0.15, 0.2) is 5.11 Å². The number of nitrogens with zero attached hydrogens (tertiary/aromatic N) is 3. The molecule has 0 aromatic heterocycles. The van der Waals surface area contributed by atoms with Crippen molar-refractivity contribution in [2.24, 2.45) is 5.92 Å². The highest BCUT2D eigenvalue weighted by atomic mass is 32.1. The number of ether oxygens (including phenoxy) is 1. The smallest absolute Gasteiger partial charge is 0.169 e. The van der Waals surface area contributed by atoms with E-state index in [1.807, 2.05) is 0 Å². The Morgan fingerprint density at radius 3 is 2.75 bits per heavy atom. The lowest BCUT2D eigenvalue weighted by atomic mass is 10.2. The number of rotatable bonds is 7. The molecule has 1 aliphatic rings. The second-order valence-electron chi connectivity index (χ2n) is 5.43. The van der Waals surface area contributed by atoms with Crippen molar-refractivity contribution in [2.45, 2.75) is 20.3 Å². The Morgan fingerprint density at radius 2 is 2.15 bits per heavy atom. The van der Waals surface area contributed by atoms with E-state index in [0.29, 0.717) is 18.9 Å². The molecule has 0 bridgehead atoms. The summed E-state index contributed by atoms with van der Waals surface area (Å²) in [6, 6.07) is 2.18. The molecule has 0 saturated carbocycles. The molecule has 1 N–H and O–H groups in total. The normalized spacial score (nSPS) is 15.9. The van der Waals surface area contributed by atoms with Crippen LogP contribution in [0.2, 0.25) is 0 Å². The molecule has 1 rings (SSSR count). The lowest BCUT2D eigenvalue weighted by molar-refractivity contribution is 0.0388. The van der Waals surface area contributed by atoms with Gasteiger partial charge in [0.25, 0.3) is 0 Å². The molecular formula is C14H26N4OS. The SMILES string of the molecule is CC(C)CN(CCC#N)C(=S)NCCN1CCOCC1. The monoisotopic (exact) mass is 298 g/mol. The molecule has 1 fully saturated rings. The zero-order chi connectivity index (χ0) is 14.8. The van der Waals surface area contributed by atoms with Crippen LogP contribution < -0.4 is 5.32 Å². The van der Waals surface area contributed by atoms with Crippen molar-refractivity contribution in [3.05, 3.63) is 0 Å². The second kappa shape index (κ2) is 9.92. The Hall–Kier alpha value is -0.900. The van der Waals surface area contributed by atoms with Gasteiger partial charge in [0.05, 0.1) is 25.7 Å². The molecule has 0 atom stereocenters. The molecule has 20 heavy (non-hydrogen) atoms. The Morgan fingerprint density at radius 1 is 1.45 bits per heavy atom. The van der Waals surface area contributed by atoms with Gasteiger partial charge in [-0.05, 0) is 18.1 Å². The first-order chi connectivity index (χ1) is 9.63. The number of morpholine rings is 1. The summed E-state index contributed by atoms with van der Waals surface area (Å²) in [7, 11) is 0. The first-order valence-electron chi connectivity index (χ1n) is 7.33. The van der Waals surface area contributed by atoms with Gasteiger partial charge in [0, 0.05) is 39.3 Å². The summed E-state index contributed by atoms with van der Waals surface area (Å²) in [5, 5.41) is 12.8. The molecule has 0 amide bonds. The first-order valence-corrected chi connectivity index (χ1v) is 7.74. The standard InChI is InChI=1S/C14H26N4OS/c1-13(2)12-18(6-3-4-15)14(20)16-5-7-17-8-10-19-11-9-17/h13H,3,5-12H2,1-2H3,(H,16,20). The Bertz CT molecular complexity index is 324. The van der Waals surface area contributed by atoms with Crippen LogP contribution >= 0.6 is 12.2 Å². The molecule has 0 spiro atoms. The van der Waals surface area contributed by atoms with E-state index in [2.05, 4.69) is 35.0 Å². The Balaban J connectivity index is 2.27. The summed E-state index contributed by atoms with van der Waals surface area (Å²) in [5.74, 6) is 0.535. The molecule has 0 aliphatic carbocycles. The lowest BCUT2D eigenvalue weighted by Gasteiger charge is -2.29. The van der Waals surface area contributed by atoms with Crippen LogP contribution in [-0.2, 0) is 4.74 Å². The van der Waals surface area contributed by atoms with Gasteiger partial charge in [0.1, 0.15) is 0 Å². The first kappa shape index (κ1) is 17.2. The lowest BCUT2D eigenvalue weighted by Crippen LogP contribution is -2.46. The molecule has 1 saturated heterocycles. The fourth-order valence-corrected chi connectivity index (χ4v) is 2.43. The van der Waals surface area contributed by atoms with Crippen LogP contribution in [0.3, 0.4) is 0 Å². The van der Waals surface area contributed by atoms with Crippen LogP contribution in [0.5, 0.6) is 0 Å². The highest BCUT2D eigenvalue weighted by Gasteiger charge is 2.12. The summed E-state index contributed by atoms with van der Waals surface area (Å²) in [6.45, 7) is 11.4. The van der Waals surface area contributed by atoms with Crippen LogP contribution in [0.1, 0.15) is 20.3 Å². The van der Waals surface area contributed by atoms with Crippen molar-refractivity contribution in [3.63, 3.8) is 0 Å². The summed E-state index contributed by atoms with van der Waals surface area (Å²) in [5.41, 5.74) is 0. The predicted octanol–water partition coefficient (Wildman–Crippen LogP) is 1.06. The number of nitrogens with one attached hydrogen (secondary N) is 1. The number of hydrogen-bond donors (Lipinski definition) is 1. The molecular weight excluding hydrogens is 272 g/mol. The summed E-state index contributed by atoms with van der Waals surface area (Å²) in [6.07, 6.45) is 0.512. The molecule has 1 aliphatic heterocycles. The van der Waals surface area contributed by atoms with Crippen molar-refractivity contribution < 1.29 is 4.74 Å². The maximum Gasteiger partial charge on any atom is 0.169 e. The van der Waals surface area contributed by atoms with Gasteiger partial charge in [0.2, 0.25) is 0 Å². The van der Waals surface area contributed by atoms with Crippen LogP contribution in [0, 0.1) is 17.2 Å². The number of hydrogen-bond acceptors (Lipinski definition) is 4. The van der Waals surface area contributed by atoms with Crippen molar-refractivity contribution in [3.8, 4) is 6.07 Å². The van der Waals surface area contributed by atoms with Gasteiger partial charge in [-0.2, -0.15) is 5.26 Å². The fraction of sp³-hybridized carbons (Fsp3) is 0.857. The maximum atomic E-state index is 8.72. The Kier molecular flexibility index (Phi) is 8.51. The van der Waals surface area contributed by atoms with E-state index >= 15 is 0 Å². The van der Waals surface area contributed by atoms with Crippen molar-refractivity contribution >= 4 is 17.3 Å². The average Bonchev–Trinajstić information content (AvgIpc) is 2.44. The van der Waals surface area contributed by atoms with E-state index in [9.17, 15) is 0 Å². The van der Waals surface area contributed by atoms with Gasteiger partial charge in [-0.3, -0.25) is 4.90 Å². The van der Waals surface area contributed by atoms with E-state index < -0.39 is 0 Å². The third-order valence-corrected chi connectivity index (χ3v) is 3.58. The minimum atomic E-state index is 0.512. The Labute approximate surface area is 127 Å². The van der Waals surface area contributed by atoms with E-state index in [0.717, 1.165) is 51.0 Å². The topological polar surface area (TPSA) is 51.5 Å². The highest BCUT2D eigenvalue weighted by Crippen LogP contribution is 2.01. The van der Waals surface area contributed by atoms with Gasteiger partial charge >= 0.3 is 0 Å². The molecule has 0 unspecified atom stereocenters. The minimum absolute atomic E-state index is 0.512. The maximum absolute atomic E-state index is 8.72. The van der Waals surface area contributed by atoms with Crippen LogP contribution in [-0.4, -0.2) is 67.4 Å². The van der Waals surface area contributed by atoms with E-state index in [1.54, 1.807) is 0 Å². The third-order valence-electron chi connectivity index (χ3n) is 3.17. The van der Waals surface area contributed by atoms with Crippen molar-refractivity contribution in [1.82, 2.24) is 15.1 Å². The fourth-order valence-electron chi connectivity index (χ4n) is 2.16. The largest absolute Gasteiger partial charge is 0.379 e. The van der Waals surface area contributed by atoms with Crippen LogP contribution in [0.25, 0.3) is 0 Å². The molecule has 1 heterocycles. The van der Waals surface area contributed by atoms with Gasteiger partial charge < -0.3 is 15.0 Å². The van der Waals surface area contributed by atoms with Gasteiger partial charge in [-0.15, -0.1) is 0 Å². The molecule has 0 radical (unpaired) electrons. The van der Waals surface area contributed by atoms with Crippen molar-refractivity contribution in [1.29, 1.82) is 5.26 Å². The molecule has 0 aromatic carbocycles. The third kappa shape index (κ3) is 7.04. The summed E-state index contributed by atoms with van der Waals surface area (Å²) in [4.78, 5) is 4.48. The average molecular weight is 298 g/mol. The zero-order valence-electron chi connectivity index (χ0n) is 12.6. The highest BCUT2D eigenvalue weighted by molar-refractivity contribution is 7.80. The van der Waals surface area contributed by atoms with Crippen molar-refractivity contribution in [2.75, 3.05) is 52.5 Å². The molecule has 0 aromatic rings. The van der Waals surface area contributed by atoms with Gasteiger partial charge in [-0.1, -0.05) is 13.8 Å². The second-order valence-corrected chi connectivity index (χ2v) is 5.82. The molecule has 114 valence electrons. The number of nitriles is 1. The minimum Gasteiger partial charge on any atom is -0.379 e. The summed E-state index contributed by atoms with van der Waals surface area (Å²) >= 11 is 5.44. The quantitative estimate of drug-likeness (QED) is 0.710. The predicted molar refractivity (Wildman–Crippen MR) is 84.5 cm³/mol. The van der Waals surface area contributed by atoms with Crippen LogP contribution in [0.15, 0.2) is 0 Å². The van der Waals surface area contributed by atoms with E-state index in [1.165, 1.54) is 0 Å². The molecule has 6 heteroatoms. The van der Waals surface area contributed by atoms with E-state index in [4.69, 9.17) is 22.2 Å². The number of thiocarbonyl (C=S) groups is 1. The van der Waals surface area contributed by atoms with Crippen LogP contribution in [0.4, 0.5) is 0 Å². The summed E-state index contributed by atoms with van der Waals surface area (Å²) < 4.78 is 5.33.